The molecule has 0 amide bonds. The highest BCUT2D eigenvalue weighted by Gasteiger charge is 2.29. The molecule has 9 heteroatoms. The van der Waals surface area contributed by atoms with Crippen molar-refractivity contribution in [1.29, 1.82) is 0 Å². The Kier molecular flexibility index (Phi) is 8.92. The Balaban J connectivity index is 1.40. The molecular weight excluding hydrogens is 564 g/mol. The van der Waals surface area contributed by atoms with Crippen LogP contribution in [0.5, 0.6) is 5.75 Å². The number of aromatic nitrogens is 1. The fourth-order valence-corrected chi connectivity index (χ4v) is 6.25. The SMILES string of the molecule is CCOC(=O)c1cccc(N(c2ccc(OCCc3nc(-c4ccccc4)oc3C)cc2)S(=O)(=O)c2ccccc2)c1C. The van der Waals surface area contributed by atoms with Gasteiger partial charge in [-0.25, -0.2) is 22.5 Å². The number of hydrogen-bond acceptors (Lipinski definition) is 7. The number of sulfonamides is 1. The Morgan fingerprint density at radius 1 is 0.860 bits per heavy atom. The Labute approximate surface area is 251 Å². The zero-order valence-electron chi connectivity index (χ0n) is 24.2. The number of rotatable bonds is 11. The average Bonchev–Trinajstić information content (AvgIpc) is 3.40. The second-order valence-corrected chi connectivity index (χ2v) is 11.5. The van der Waals surface area contributed by atoms with Crippen LogP contribution in [0, 0.1) is 13.8 Å². The zero-order valence-corrected chi connectivity index (χ0v) is 25.0. The van der Waals surface area contributed by atoms with Gasteiger partial charge in [-0.2, -0.15) is 0 Å². The molecule has 0 radical (unpaired) electrons. The number of hydrogen-bond donors (Lipinski definition) is 0. The predicted octanol–water partition coefficient (Wildman–Crippen LogP) is 7.28. The highest BCUT2D eigenvalue weighted by molar-refractivity contribution is 7.93. The van der Waals surface area contributed by atoms with Gasteiger partial charge in [-0.15, -0.1) is 0 Å². The van der Waals surface area contributed by atoms with Crippen LogP contribution in [0.25, 0.3) is 11.5 Å². The van der Waals surface area contributed by atoms with E-state index in [0.717, 1.165) is 17.0 Å². The average molecular weight is 597 g/mol. The molecule has 0 spiro atoms. The number of nitrogens with zero attached hydrogens (tertiary/aromatic N) is 2. The summed E-state index contributed by atoms with van der Waals surface area (Å²) in [5.41, 5.74) is 3.24. The summed E-state index contributed by atoms with van der Waals surface area (Å²) < 4.78 is 46.3. The van der Waals surface area contributed by atoms with Crippen molar-refractivity contribution in [2.45, 2.75) is 32.1 Å². The molecule has 43 heavy (non-hydrogen) atoms. The lowest BCUT2D eigenvalue weighted by atomic mass is 10.1. The van der Waals surface area contributed by atoms with Crippen molar-refractivity contribution >= 4 is 27.4 Å². The van der Waals surface area contributed by atoms with Crippen LogP contribution in [0.2, 0.25) is 0 Å². The van der Waals surface area contributed by atoms with Crippen molar-refractivity contribution in [1.82, 2.24) is 4.98 Å². The van der Waals surface area contributed by atoms with Gasteiger partial charge in [0.1, 0.15) is 11.5 Å². The van der Waals surface area contributed by atoms with Gasteiger partial charge in [-0.1, -0.05) is 42.5 Å². The summed E-state index contributed by atoms with van der Waals surface area (Å²) in [5, 5.41) is 0. The Bertz CT molecular complexity index is 1800. The van der Waals surface area contributed by atoms with Crippen molar-refractivity contribution in [2.75, 3.05) is 17.5 Å². The molecule has 1 heterocycles. The van der Waals surface area contributed by atoms with Gasteiger partial charge >= 0.3 is 5.97 Å². The largest absolute Gasteiger partial charge is 0.493 e. The van der Waals surface area contributed by atoms with E-state index in [9.17, 15) is 13.2 Å². The van der Waals surface area contributed by atoms with E-state index in [1.165, 1.54) is 4.31 Å². The summed E-state index contributed by atoms with van der Waals surface area (Å²) in [5.74, 6) is 1.36. The lowest BCUT2D eigenvalue weighted by molar-refractivity contribution is 0.0525. The number of carbonyl (C=O) groups excluding carboxylic acids is 1. The summed E-state index contributed by atoms with van der Waals surface area (Å²) in [4.78, 5) is 17.4. The van der Waals surface area contributed by atoms with Crippen molar-refractivity contribution in [3.8, 4) is 17.2 Å². The number of oxazole rings is 1. The standard InChI is InChI=1S/C34H32N2O6S/c1-4-40-34(37)30-16-11-17-32(24(30)2)36(43(38,39)29-14-9-6-10-15-29)27-18-20-28(21-19-27)41-23-22-31-25(3)42-33(35-31)26-12-7-5-8-13-26/h5-21H,4,22-23H2,1-3H3. The molecule has 0 fully saturated rings. The molecule has 0 saturated carbocycles. The van der Waals surface area contributed by atoms with Crippen molar-refractivity contribution < 1.29 is 27.1 Å². The highest BCUT2D eigenvalue weighted by Crippen LogP contribution is 2.36. The third-order valence-corrected chi connectivity index (χ3v) is 8.65. The first-order valence-electron chi connectivity index (χ1n) is 13.9. The van der Waals surface area contributed by atoms with E-state index in [1.54, 1.807) is 86.6 Å². The molecule has 220 valence electrons. The number of ether oxygens (including phenoxy) is 2. The third kappa shape index (κ3) is 6.47. The maximum Gasteiger partial charge on any atom is 0.338 e. The fourth-order valence-electron chi connectivity index (χ4n) is 4.69. The monoisotopic (exact) mass is 596 g/mol. The van der Waals surface area contributed by atoms with E-state index in [0.29, 0.717) is 47.2 Å². The van der Waals surface area contributed by atoms with Crippen LogP contribution in [0.1, 0.15) is 34.3 Å². The number of anilines is 2. The van der Waals surface area contributed by atoms with Gasteiger partial charge in [0, 0.05) is 12.0 Å². The van der Waals surface area contributed by atoms with Crippen LogP contribution < -0.4 is 9.04 Å². The van der Waals surface area contributed by atoms with Gasteiger partial charge in [0.2, 0.25) is 5.89 Å². The summed E-state index contributed by atoms with van der Waals surface area (Å²) >= 11 is 0. The Hall–Kier alpha value is -4.89. The van der Waals surface area contributed by atoms with Crippen LogP contribution in [-0.4, -0.2) is 32.6 Å². The highest BCUT2D eigenvalue weighted by atomic mass is 32.2. The topological polar surface area (TPSA) is 98.9 Å². The van der Waals surface area contributed by atoms with Crippen LogP contribution >= 0.6 is 0 Å². The molecule has 5 aromatic rings. The molecule has 0 bridgehead atoms. The maximum atomic E-state index is 14.0. The van der Waals surface area contributed by atoms with E-state index in [4.69, 9.17) is 13.9 Å². The van der Waals surface area contributed by atoms with Gasteiger partial charge < -0.3 is 13.9 Å². The Morgan fingerprint density at radius 2 is 1.53 bits per heavy atom. The van der Waals surface area contributed by atoms with Gasteiger partial charge in [0.25, 0.3) is 10.0 Å². The second kappa shape index (κ2) is 13.0. The number of aryl methyl sites for hydroxylation is 1. The minimum Gasteiger partial charge on any atom is -0.493 e. The molecule has 0 saturated heterocycles. The molecule has 1 aromatic heterocycles. The third-order valence-electron chi connectivity index (χ3n) is 6.89. The molecule has 8 nitrogen and oxygen atoms in total. The first-order chi connectivity index (χ1) is 20.8. The van der Waals surface area contributed by atoms with Crippen molar-refractivity contribution in [3.63, 3.8) is 0 Å². The number of carbonyl (C=O) groups is 1. The van der Waals surface area contributed by atoms with Crippen molar-refractivity contribution in [2.24, 2.45) is 0 Å². The van der Waals surface area contributed by atoms with Crippen LogP contribution in [0.15, 0.2) is 112 Å². The molecule has 0 N–H and O–H groups in total. The number of benzene rings is 4. The van der Waals surface area contributed by atoms with Gasteiger partial charge in [-0.05, 0) is 87.0 Å². The smallest absolute Gasteiger partial charge is 0.338 e. The lowest BCUT2D eigenvalue weighted by Crippen LogP contribution is -2.27. The summed E-state index contributed by atoms with van der Waals surface area (Å²) in [6.07, 6.45) is 0.540. The van der Waals surface area contributed by atoms with Crippen LogP contribution in [-0.2, 0) is 21.2 Å². The van der Waals surface area contributed by atoms with Crippen molar-refractivity contribution in [3.05, 3.63) is 126 Å². The molecule has 0 aliphatic carbocycles. The lowest BCUT2D eigenvalue weighted by Gasteiger charge is -2.27. The number of esters is 1. The Morgan fingerprint density at radius 3 is 2.21 bits per heavy atom. The quantitative estimate of drug-likeness (QED) is 0.148. The van der Waals surface area contributed by atoms with E-state index in [2.05, 4.69) is 4.98 Å². The minimum atomic E-state index is -4.05. The van der Waals surface area contributed by atoms with Gasteiger partial charge in [0.05, 0.1) is 40.7 Å². The van der Waals surface area contributed by atoms with Gasteiger partial charge in [0.15, 0.2) is 0 Å². The first-order valence-corrected chi connectivity index (χ1v) is 15.3. The molecule has 0 unspecified atom stereocenters. The second-order valence-electron chi connectivity index (χ2n) is 9.73. The molecule has 0 aliphatic rings. The minimum absolute atomic E-state index is 0.120. The molecular formula is C34H32N2O6S. The fraction of sp³-hybridized carbons (Fsp3) is 0.176. The zero-order chi connectivity index (χ0) is 30.4. The summed E-state index contributed by atoms with van der Waals surface area (Å²) in [6.45, 7) is 5.88. The normalized spacial score (nSPS) is 11.2. The molecule has 4 aromatic carbocycles. The van der Waals surface area contributed by atoms with Gasteiger partial charge in [-0.3, -0.25) is 0 Å². The summed E-state index contributed by atoms with van der Waals surface area (Å²) in [6, 6.07) is 29.6. The van der Waals surface area contributed by atoms with E-state index in [-0.39, 0.29) is 11.5 Å². The molecule has 0 atom stereocenters. The molecule has 5 rings (SSSR count). The van der Waals surface area contributed by atoms with Crippen LogP contribution in [0.4, 0.5) is 11.4 Å². The van der Waals surface area contributed by atoms with E-state index >= 15 is 0 Å². The maximum absolute atomic E-state index is 14.0. The predicted molar refractivity (Wildman–Crippen MR) is 165 cm³/mol. The molecule has 0 aliphatic heterocycles. The van der Waals surface area contributed by atoms with E-state index < -0.39 is 16.0 Å². The van der Waals surface area contributed by atoms with E-state index in [1.807, 2.05) is 37.3 Å². The van der Waals surface area contributed by atoms with Crippen LogP contribution in [0.3, 0.4) is 0 Å². The first kappa shape index (κ1) is 29.6. The summed E-state index contributed by atoms with van der Waals surface area (Å²) in [7, 11) is -4.05.